The second-order valence-electron chi connectivity index (χ2n) is 15.1. The van der Waals surface area contributed by atoms with Gasteiger partial charge in [0.15, 0.2) is 11.5 Å². The number of ether oxygens (including phenoxy) is 2. The minimum Gasteiger partial charge on any atom is -0.480 e. The van der Waals surface area contributed by atoms with Gasteiger partial charge in [-0.3, -0.25) is 0 Å². The number of imidazole rings is 1. The quantitative estimate of drug-likeness (QED) is 0.163. The summed E-state index contributed by atoms with van der Waals surface area (Å²) in [5.41, 5.74) is 2.53. The van der Waals surface area contributed by atoms with Crippen molar-refractivity contribution in [1.29, 1.82) is 0 Å². The Morgan fingerprint density at radius 1 is 1.02 bits per heavy atom. The van der Waals surface area contributed by atoms with Crippen molar-refractivity contribution >= 4 is 28.6 Å². The van der Waals surface area contributed by atoms with E-state index in [0.29, 0.717) is 52.8 Å². The predicted octanol–water partition coefficient (Wildman–Crippen LogP) is 6.62. The maximum absolute atomic E-state index is 14.0. The molecule has 52 heavy (non-hydrogen) atoms. The predicted molar refractivity (Wildman–Crippen MR) is 187 cm³/mol. The van der Waals surface area contributed by atoms with E-state index >= 15 is 0 Å². The molecular formula is C37H43F3N8O4. The zero-order valence-electron chi connectivity index (χ0n) is 29.3. The topological polar surface area (TPSA) is 142 Å². The zero-order chi connectivity index (χ0) is 36.2. The van der Waals surface area contributed by atoms with E-state index in [0.717, 1.165) is 81.8 Å². The molecule has 4 aromatic rings. The van der Waals surface area contributed by atoms with E-state index in [1.54, 1.807) is 25.6 Å². The lowest BCUT2D eigenvalue weighted by molar-refractivity contribution is -0.145. The van der Waals surface area contributed by atoms with Crippen molar-refractivity contribution in [3.63, 3.8) is 0 Å². The summed E-state index contributed by atoms with van der Waals surface area (Å²) in [6.45, 7) is 1.02. The highest BCUT2D eigenvalue weighted by Gasteiger charge is 2.42. The van der Waals surface area contributed by atoms with Crippen LogP contribution < -0.4 is 9.80 Å². The minimum atomic E-state index is -4.59. The van der Waals surface area contributed by atoms with E-state index in [1.165, 1.54) is 0 Å². The summed E-state index contributed by atoms with van der Waals surface area (Å²) in [7, 11) is 3.72. The Bertz CT molecular complexity index is 1930. The number of rotatable bonds is 12. The Hall–Kier alpha value is -4.37. The second-order valence-corrected chi connectivity index (χ2v) is 15.1. The van der Waals surface area contributed by atoms with E-state index < -0.39 is 17.8 Å². The highest BCUT2D eigenvalue weighted by Crippen LogP contribution is 2.44. The molecule has 4 aromatic heterocycles. The van der Waals surface area contributed by atoms with Gasteiger partial charge in [0.25, 0.3) is 0 Å². The van der Waals surface area contributed by atoms with Crippen LogP contribution in [-0.2, 0) is 20.4 Å². The van der Waals surface area contributed by atoms with Gasteiger partial charge in [0.05, 0.1) is 36.5 Å². The van der Waals surface area contributed by atoms with E-state index in [4.69, 9.17) is 34.5 Å². The minimum absolute atomic E-state index is 0.0218. The van der Waals surface area contributed by atoms with E-state index in [-0.39, 0.29) is 36.1 Å². The van der Waals surface area contributed by atoms with Gasteiger partial charge in [0, 0.05) is 55.4 Å². The van der Waals surface area contributed by atoms with Crippen LogP contribution in [0.15, 0.2) is 30.6 Å². The molecule has 8 rings (SSSR count). The number of carbonyl (C=O) groups is 1. The first-order chi connectivity index (χ1) is 25.0. The molecule has 0 unspecified atom stereocenters. The Kier molecular flexibility index (Phi) is 9.05. The van der Waals surface area contributed by atoms with Crippen molar-refractivity contribution < 1.29 is 32.5 Å². The maximum Gasteiger partial charge on any atom is 0.433 e. The number of alkyl halides is 3. The molecule has 4 fully saturated rings. The van der Waals surface area contributed by atoms with Gasteiger partial charge in [-0.05, 0) is 69.6 Å². The molecule has 6 heterocycles. The Morgan fingerprint density at radius 2 is 1.77 bits per heavy atom. The number of aromatic amines is 1. The molecule has 4 aliphatic rings. The van der Waals surface area contributed by atoms with Gasteiger partial charge in [-0.15, -0.1) is 0 Å². The average Bonchev–Trinajstić information content (AvgIpc) is 3.63. The third-order valence-corrected chi connectivity index (χ3v) is 11.2. The summed E-state index contributed by atoms with van der Waals surface area (Å²) in [5, 5.41) is 9.04. The van der Waals surface area contributed by atoms with Crippen molar-refractivity contribution in [3.8, 4) is 22.8 Å². The molecule has 3 atom stereocenters. The first-order valence-corrected chi connectivity index (χ1v) is 18.1. The number of H-pyrrole nitrogens is 1. The lowest BCUT2D eigenvalue weighted by Gasteiger charge is -2.39. The van der Waals surface area contributed by atoms with Crippen molar-refractivity contribution in [2.24, 2.45) is 5.41 Å². The smallest absolute Gasteiger partial charge is 0.433 e. The van der Waals surface area contributed by atoms with Crippen molar-refractivity contribution in [3.05, 3.63) is 42.0 Å². The van der Waals surface area contributed by atoms with Crippen LogP contribution in [0.3, 0.4) is 0 Å². The molecule has 0 aromatic carbocycles. The first-order valence-electron chi connectivity index (χ1n) is 18.1. The lowest BCUT2D eigenvalue weighted by Crippen LogP contribution is -2.46. The number of pyridine rings is 2. The van der Waals surface area contributed by atoms with Crippen LogP contribution in [0.2, 0.25) is 0 Å². The number of anilines is 2. The highest BCUT2D eigenvalue weighted by atomic mass is 19.4. The number of carboxylic acids is 1. The molecule has 2 bridgehead atoms. The number of halogens is 3. The number of aromatic nitrogens is 6. The molecule has 2 N–H and O–H groups in total. The Balaban J connectivity index is 1.14. The molecule has 15 heteroatoms. The molecule has 0 radical (unpaired) electrons. The number of nitrogens with zero attached hydrogens (tertiary/aromatic N) is 7. The molecule has 2 aliphatic heterocycles. The molecule has 2 saturated carbocycles. The van der Waals surface area contributed by atoms with Crippen LogP contribution in [0.5, 0.6) is 0 Å². The maximum atomic E-state index is 14.0. The summed E-state index contributed by atoms with van der Waals surface area (Å²) in [5.74, 6) is 0.253. The van der Waals surface area contributed by atoms with Crippen molar-refractivity contribution in [1.82, 2.24) is 29.9 Å². The van der Waals surface area contributed by atoms with Crippen molar-refractivity contribution in [2.45, 2.75) is 94.5 Å². The first kappa shape index (κ1) is 34.7. The van der Waals surface area contributed by atoms with E-state index in [1.807, 2.05) is 13.1 Å². The van der Waals surface area contributed by atoms with Gasteiger partial charge in [-0.1, -0.05) is 12.8 Å². The van der Waals surface area contributed by atoms with Gasteiger partial charge in [-0.25, -0.2) is 29.7 Å². The fourth-order valence-electron chi connectivity index (χ4n) is 8.75. The van der Waals surface area contributed by atoms with Gasteiger partial charge in [-0.2, -0.15) is 13.2 Å². The molecule has 0 spiro atoms. The Labute approximate surface area is 299 Å². The highest BCUT2D eigenvalue weighted by molar-refractivity contribution is 5.91. The number of aliphatic carboxylic acids is 1. The summed E-state index contributed by atoms with van der Waals surface area (Å²) >= 11 is 0. The van der Waals surface area contributed by atoms with Crippen LogP contribution in [-0.4, -0.2) is 93.1 Å². The van der Waals surface area contributed by atoms with Gasteiger partial charge >= 0.3 is 12.1 Å². The summed E-state index contributed by atoms with van der Waals surface area (Å²) in [6, 6.07) is 5.05. The second kappa shape index (κ2) is 13.6. The monoisotopic (exact) mass is 720 g/mol. The molecule has 0 amide bonds. The molecule has 12 nitrogen and oxygen atoms in total. The summed E-state index contributed by atoms with van der Waals surface area (Å²) < 4.78 is 53.4. The number of piperidine rings is 1. The van der Waals surface area contributed by atoms with Crippen LogP contribution in [0.25, 0.3) is 33.9 Å². The average molecular weight is 721 g/mol. The summed E-state index contributed by atoms with van der Waals surface area (Å²) in [6.07, 6.45) is 8.09. The van der Waals surface area contributed by atoms with E-state index in [2.05, 4.69) is 19.8 Å². The zero-order valence-corrected chi connectivity index (χ0v) is 29.3. The number of hydrogen-bond donors (Lipinski definition) is 2. The fourth-order valence-corrected chi connectivity index (χ4v) is 8.75. The van der Waals surface area contributed by atoms with Gasteiger partial charge < -0.3 is 29.4 Å². The third kappa shape index (κ3) is 6.92. The molecular weight excluding hydrogens is 677 g/mol. The van der Waals surface area contributed by atoms with Crippen molar-refractivity contribution in [2.75, 3.05) is 43.7 Å². The summed E-state index contributed by atoms with van der Waals surface area (Å²) in [4.78, 5) is 42.0. The number of fused-ring (bicyclic) bond motifs is 3. The standard InChI is InChI=1S/C37H43F3N8O4/c1-47(19-36(20-51-2)9-3-4-10-36)29-15-27(22-11-26(21-5-6-21)43-30(12-22)37(38,39)40)44-35-33(29)45-34(46-35)28-16-42-31(17-41-28)48-23-7-8-24(48)14-25(13-23)52-18-32(49)50/h11-12,15-17,21,23-25H,3-10,13-14,18-20H2,1-2H3,(H,49,50)(H,44,45,46)/t23-,24+,25-. The largest absolute Gasteiger partial charge is 0.480 e. The lowest BCUT2D eigenvalue weighted by atomic mass is 9.86. The Morgan fingerprint density at radius 3 is 2.40 bits per heavy atom. The van der Waals surface area contributed by atoms with Gasteiger partial charge in [0.2, 0.25) is 0 Å². The van der Waals surface area contributed by atoms with Crippen LogP contribution in [0, 0.1) is 5.41 Å². The number of methoxy groups -OCH3 is 1. The van der Waals surface area contributed by atoms with Crippen LogP contribution >= 0.6 is 0 Å². The third-order valence-electron chi connectivity index (χ3n) is 11.2. The van der Waals surface area contributed by atoms with E-state index in [9.17, 15) is 18.0 Å². The van der Waals surface area contributed by atoms with Crippen LogP contribution in [0.1, 0.15) is 81.5 Å². The molecule has 2 saturated heterocycles. The normalized spacial score (nSPS) is 22.7. The van der Waals surface area contributed by atoms with Gasteiger partial charge in [0.1, 0.15) is 29.3 Å². The fraction of sp³-hybridized carbons (Fsp3) is 0.568. The SMILES string of the molecule is COCC1(CN(C)c2cc(-c3cc(C4CC4)nc(C(F)(F)F)c3)nc3nc(-c4cnc(N5[C@@H]6CC[C@H]5C[C@H](OCC(=O)O)C6)cn4)[nH]c23)CCCC1. The number of hydrogen-bond acceptors (Lipinski definition) is 10. The number of carboxylic acid groups (broad SMARTS) is 1. The molecule has 2 aliphatic carbocycles. The van der Waals surface area contributed by atoms with Crippen LogP contribution in [0.4, 0.5) is 24.7 Å². The molecule has 276 valence electrons. The number of nitrogens with one attached hydrogen (secondary N) is 1.